The molecule has 0 spiro atoms. The lowest BCUT2D eigenvalue weighted by molar-refractivity contribution is -0.142. The normalized spacial score (nSPS) is 20.9. The predicted molar refractivity (Wildman–Crippen MR) is 132 cm³/mol. The van der Waals surface area contributed by atoms with Gasteiger partial charge in [-0.15, -0.1) is 0 Å². The number of sulfonamides is 1. The van der Waals surface area contributed by atoms with E-state index in [9.17, 15) is 22.8 Å². The maximum Gasteiger partial charge on any atom is 0.242 e. The van der Waals surface area contributed by atoms with E-state index in [-0.39, 0.29) is 29.3 Å². The van der Waals surface area contributed by atoms with Crippen LogP contribution >= 0.6 is 11.6 Å². The molecule has 2 aliphatic rings. The summed E-state index contributed by atoms with van der Waals surface area (Å²) in [5, 5.41) is 2.09. The highest BCUT2D eigenvalue weighted by atomic mass is 35.5. The molecule has 2 saturated heterocycles. The number of hydrogen-bond acceptors (Lipinski definition) is 5. The molecule has 2 aliphatic heterocycles. The molecule has 1 N–H and O–H groups in total. The van der Waals surface area contributed by atoms with Gasteiger partial charge in [-0.1, -0.05) is 23.7 Å². The maximum atomic E-state index is 13.1. The van der Waals surface area contributed by atoms with Gasteiger partial charge in [0.05, 0.1) is 17.5 Å². The molecule has 2 aromatic rings. The van der Waals surface area contributed by atoms with Crippen LogP contribution in [0.25, 0.3) is 10.8 Å². The highest BCUT2D eigenvalue weighted by Gasteiger charge is 2.36. The number of benzene rings is 2. The lowest BCUT2D eigenvalue weighted by Crippen LogP contribution is -2.54. The Bertz CT molecular complexity index is 1270. The first-order valence-corrected chi connectivity index (χ1v) is 13.4. The highest BCUT2D eigenvalue weighted by Crippen LogP contribution is 2.24. The molecular formula is C24H29ClN4O5S. The average Bonchev–Trinajstić information content (AvgIpc) is 3.31. The molecule has 0 aromatic heterocycles. The Kier molecular flexibility index (Phi) is 7.35. The highest BCUT2D eigenvalue weighted by molar-refractivity contribution is 7.89. The van der Waals surface area contributed by atoms with E-state index in [0.717, 1.165) is 10.8 Å². The van der Waals surface area contributed by atoms with Gasteiger partial charge in [-0.05, 0) is 54.3 Å². The summed E-state index contributed by atoms with van der Waals surface area (Å²) < 4.78 is 28.6. The lowest BCUT2D eigenvalue weighted by Gasteiger charge is -2.33. The van der Waals surface area contributed by atoms with Crippen molar-refractivity contribution in [2.24, 2.45) is 0 Å². The molecule has 9 nitrogen and oxygen atoms in total. The van der Waals surface area contributed by atoms with Gasteiger partial charge in [-0.3, -0.25) is 14.4 Å². The van der Waals surface area contributed by atoms with Crippen LogP contribution in [0.5, 0.6) is 0 Å². The average molecular weight is 521 g/mol. The van der Waals surface area contributed by atoms with Crippen LogP contribution in [0.3, 0.4) is 0 Å². The molecule has 3 amide bonds. The summed E-state index contributed by atoms with van der Waals surface area (Å²) >= 11 is 6.00. The van der Waals surface area contributed by atoms with Crippen LogP contribution in [0.4, 0.5) is 0 Å². The second-order valence-corrected chi connectivity index (χ2v) is 11.3. The number of carbonyl (C=O) groups is 3. The van der Waals surface area contributed by atoms with Crippen LogP contribution in [0, 0.1) is 0 Å². The Balaban J connectivity index is 1.40. The SMILES string of the molecule is CC(=O)N(C)C1CCN(C(=O)CN2CCCC(NS(=O)(=O)c3ccc4cc(Cl)ccc4c3)C2=O)C1. The quantitative estimate of drug-likeness (QED) is 0.625. The molecule has 4 rings (SSSR count). The van der Waals surface area contributed by atoms with Crippen LogP contribution < -0.4 is 4.72 Å². The number of nitrogens with zero attached hydrogens (tertiary/aromatic N) is 3. The van der Waals surface area contributed by atoms with Crippen LogP contribution in [0.1, 0.15) is 26.2 Å². The first-order valence-electron chi connectivity index (χ1n) is 11.6. The van der Waals surface area contributed by atoms with E-state index in [2.05, 4.69) is 4.72 Å². The third-order valence-electron chi connectivity index (χ3n) is 6.80. The number of amides is 3. The van der Waals surface area contributed by atoms with Gasteiger partial charge in [0.1, 0.15) is 6.04 Å². The molecule has 2 heterocycles. The van der Waals surface area contributed by atoms with Crippen LogP contribution in [-0.4, -0.2) is 86.1 Å². The van der Waals surface area contributed by atoms with Gasteiger partial charge < -0.3 is 14.7 Å². The van der Waals surface area contributed by atoms with Crippen LogP contribution in [-0.2, 0) is 24.4 Å². The van der Waals surface area contributed by atoms with Gasteiger partial charge in [0.15, 0.2) is 0 Å². The van der Waals surface area contributed by atoms with E-state index < -0.39 is 22.0 Å². The fraction of sp³-hybridized carbons (Fsp3) is 0.458. The summed E-state index contributed by atoms with van der Waals surface area (Å²) in [6, 6.07) is 8.92. The van der Waals surface area contributed by atoms with E-state index >= 15 is 0 Å². The van der Waals surface area contributed by atoms with Crippen LogP contribution in [0.15, 0.2) is 41.3 Å². The fourth-order valence-corrected chi connectivity index (χ4v) is 6.07. The molecule has 2 unspecified atom stereocenters. The van der Waals surface area contributed by atoms with Crippen molar-refractivity contribution in [2.45, 2.75) is 43.2 Å². The van der Waals surface area contributed by atoms with Gasteiger partial charge >= 0.3 is 0 Å². The summed E-state index contributed by atoms with van der Waals surface area (Å²) in [6.07, 6.45) is 1.63. The molecule has 11 heteroatoms. The zero-order chi connectivity index (χ0) is 25.3. The minimum Gasteiger partial charge on any atom is -0.341 e. The van der Waals surface area contributed by atoms with E-state index in [1.165, 1.54) is 17.9 Å². The zero-order valence-electron chi connectivity index (χ0n) is 19.7. The van der Waals surface area contributed by atoms with Crippen molar-refractivity contribution < 1.29 is 22.8 Å². The van der Waals surface area contributed by atoms with Crippen LogP contribution in [0.2, 0.25) is 5.02 Å². The first-order chi connectivity index (χ1) is 16.5. The Morgan fingerprint density at radius 2 is 1.83 bits per heavy atom. The molecule has 2 fully saturated rings. The maximum absolute atomic E-state index is 13.1. The number of halogens is 1. The van der Waals surface area contributed by atoms with Gasteiger partial charge in [-0.25, -0.2) is 8.42 Å². The van der Waals surface area contributed by atoms with Crippen molar-refractivity contribution in [3.05, 3.63) is 41.4 Å². The zero-order valence-corrected chi connectivity index (χ0v) is 21.3. The number of piperidine rings is 1. The summed E-state index contributed by atoms with van der Waals surface area (Å²) in [5.41, 5.74) is 0. The minimum atomic E-state index is -3.95. The van der Waals surface area contributed by atoms with Crippen molar-refractivity contribution in [1.29, 1.82) is 0 Å². The molecule has 2 atom stereocenters. The molecule has 2 aromatic carbocycles. The second-order valence-electron chi connectivity index (χ2n) is 9.14. The lowest BCUT2D eigenvalue weighted by atomic mass is 10.1. The topological polar surface area (TPSA) is 107 Å². The fourth-order valence-electron chi connectivity index (χ4n) is 4.63. The third-order valence-corrected chi connectivity index (χ3v) is 8.50. The van der Waals surface area contributed by atoms with E-state index in [4.69, 9.17) is 11.6 Å². The number of rotatable bonds is 6. The van der Waals surface area contributed by atoms with Gasteiger partial charge in [-0.2, -0.15) is 4.72 Å². The molecular weight excluding hydrogens is 492 g/mol. The molecule has 0 radical (unpaired) electrons. The van der Waals surface area contributed by atoms with Gasteiger partial charge in [0.2, 0.25) is 27.7 Å². The Hall–Kier alpha value is -2.69. The number of hydrogen-bond donors (Lipinski definition) is 1. The Morgan fingerprint density at radius 3 is 2.57 bits per heavy atom. The standard InChI is InChI=1S/C24H29ClN4O5S/c1-16(30)27(2)20-9-11-28(14-20)23(31)15-29-10-3-4-22(24(29)32)26-35(33,34)21-8-6-17-12-19(25)7-5-18(17)13-21/h5-8,12-13,20,22,26H,3-4,9-11,14-15H2,1-2H3. The van der Waals surface area contributed by atoms with Gasteiger partial charge in [0, 0.05) is 38.6 Å². The largest absolute Gasteiger partial charge is 0.341 e. The molecule has 0 aliphatic carbocycles. The minimum absolute atomic E-state index is 0.0361. The molecule has 188 valence electrons. The van der Waals surface area contributed by atoms with E-state index in [1.54, 1.807) is 47.2 Å². The summed E-state index contributed by atoms with van der Waals surface area (Å²) in [5.74, 6) is -0.660. The summed E-state index contributed by atoms with van der Waals surface area (Å²) in [4.78, 5) is 42.3. The number of fused-ring (bicyclic) bond motifs is 1. The van der Waals surface area contributed by atoms with Crippen molar-refractivity contribution >= 4 is 50.1 Å². The first kappa shape index (κ1) is 25.4. The van der Waals surface area contributed by atoms with Crippen molar-refractivity contribution in [3.8, 4) is 0 Å². The number of likely N-dealkylation sites (tertiary alicyclic amines) is 2. The monoisotopic (exact) mass is 520 g/mol. The van der Waals surface area contributed by atoms with Crippen molar-refractivity contribution in [1.82, 2.24) is 19.4 Å². The third kappa shape index (κ3) is 5.60. The summed E-state index contributed by atoms with van der Waals surface area (Å²) in [6.45, 7) is 2.73. The number of carbonyl (C=O) groups excluding carboxylic acids is 3. The van der Waals surface area contributed by atoms with Crippen molar-refractivity contribution in [3.63, 3.8) is 0 Å². The van der Waals surface area contributed by atoms with Gasteiger partial charge in [0.25, 0.3) is 0 Å². The molecule has 35 heavy (non-hydrogen) atoms. The van der Waals surface area contributed by atoms with E-state index in [1.807, 2.05) is 0 Å². The number of nitrogens with one attached hydrogen (secondary N) is 1. The predicted octanol–water partition coefficient (Wildman–Crippen LogP) is 1.84. The Morgan fingerprint density at radius 1 is 1.11 bits per heavy atom. The summed E-state index contributed by atoms with van der Waals surface area (Å²) in [7, 11) is -2.23. The van der Waals surface area contributed by atoms with E-state index in [0.29, 0.717) is 43.9 Å². The molecule has 0 saturated carbocycles. The molecule has 0 bridgehead atoms. The Labute approximate surface area is 210 Å². The van der Waals surface area contributed by atoms with Crippen molar-refractivity contribution in [2.75, 3.05) is 33.2 Å². The number of likely N-dealkylation sites (N-methyl/N-ethyl adjacent to an activating group) is 1. The second kappa shape index (κ2) is 10.1. The smallest absolute Gasteiger partial charge is 0.242 e.